The minimum absolute atomic E-state index is 0.253. The van der Waals surface area contributed by atoms with Crippen LogP contribution in [0.15, 0.2) is 11.1 Å². The van der Waals surface area contributed by atoms with Crippen LogP contribution >= 0.6 is 34.8 Å². The Hall–Kier alpha value is 0.0800. The third kappa shape index (κ3) is 4.99. The molecule has 0 aromatic heterocycles. The van der Waals surface area contributed by atoms with Crippen LogP contribution in [-0.2, 0) is 9.53 Å². The van der Waals surface area contributed by atoms with Gasteiger partial charge in [0.2, 0.25) is 0 Å². The molecule has 0 aromatic rings. The smallest absolute Gasteiger partial charge is 0.309 e. The van der Waals surface area contributed by atoms with Crippen molar-refractivity contribution in [1.82, 2.24) is 0 Å². The van der Waals surface area contributed by atoms with E-state index in [0.717, 1.165) is 0 Å². The zero-order chi connectivity index (χ0) is 14.5. The molecule has 0 saturated carbocycles. The largest absolute Gasteiger partial charge is 0.466 e. The summed E-state index contributed by atoms with van der Waals surface area (Å²) in [4.78, 5) is 11.8. The summed E-state index contributed by atoms with van der Waals surface area (Å²) in [5.74, 6) is -0.581. The second-order valence-electron chi connectivity index (χ2n) is 4.86. The molecule has 0 radical (unpaired) electrons. The molecule has 0 aliphatic heterocycles. The van der Waals surface area contributed by atoms with Gasteiger partial charge < -0.3 is 4.74 Å². The molecule has 0 rings (SSSR count). The fraction of sp³-hybridized carbons (Fsp3) is 0.769. The van der Waals surface area contributed by atoms with Crippen LogP contribution in [0.2, 0.25) is 0 Å². The van der Waals surface area contributed by atoms with E-state index < -0.39 is 10.8 Å². The van der Waals surface area contributed by atoms with Gasteiger partial charge in [0.1, 0.15) is 0 Å². The maximum atomic E-state index is 11.8. The predicted octanol–water partition coefficient (Wildman–Crippen LogP) is 4.57. The molecule has 0 fully saturated rings. The highest BCUT2D eigenvalue weighted by Gasteiger charge is 2.38. The Morgan fingerprint density at radius 1 is 1.33 bits per heavy atom. The van der Waals surface area contributed by atoms with E-state index in [1.807, 2.05) is 13.8 Å². The maximum Gasteiger partial charge on any atom is 0.309 e. The van der Waals surface area contributed by atoms with Crippen molar-refractivity contribution in [1.29, 1.82) is 0 Å². The van der Waals surface area contributed by atoms with Gasteiger partial charge in [0.15, 0.2) is 0 Å². The number of ether oxygens (including phenoxy) is 1. The Kier molecular flexibility index (Phi) is 7.65. The molecule has 2 nitrogen and oxygen atoms in total. The summed E-state index contributed by atoms with van der Waals surface area (Å²) in [6.45, 7) is 9.53. The van der Waals surface area contributed by atoms with E-state index in [9.17, 15) is 4.79 Å². The summed E-state index contributed by atoms with van der Waals surface area (Å²) in [7, 11) is 0. The van der Waals surface area contributed by atoms with Gasteiger partial charge in [0, 0.05) is 5.03 Å². The number of rotatable bonds is 6. The van der Waals surface area contributed by atoms with E-state index in [4.69, 9.17) is 39.5 Å². The molecule has 0 saturated heterocycles. The fourth-order valence-electron chi connectivity index (χ4n) is 1.30. The van der Waals surface area contributed by atoms with Gasteiger partial charge in [-0.05, 0) is 19.3 Å². The first-order valence-corrected chi connectivity index (χ1v) is 7.21. The molecule has 3 atom stereocenters. The van der Waals surface area contributed by atoms with Gasteiger partial charge in [-0.3, -0.25) is 4.79 Å². The standard InChI is InChI=1S/C13H21Cl3O2/c1-6-18-12(17)8(2)13(4,5)11(16)7-10(15)9(3)14/h7-9,11H,6H2,1-5H3. The monoisotopic (exact) mass is 314 g/mol. The zero-order valence-electron chi connectivity index (χ0n) is 11.5. The van der Waals surface area contributed by atoms with Crippen LogP contribution < -0.4 is 0 Å². The lowest BCUT2D eigenvalue weighted by atomic mass is 9.76. The molecular formula is C13H21Cl3O2. The summed E-state index contributed by atoms with van der Waals surface area (Å²) in [6, 6.07) is 0. The van der Waals surface area contributed by atoms with E-state index in [-0.39, 0.29) is 17.3 Å². The summed E-state index contributed by atoms with van der Waals surface area (Å²) >= 11 is 18.2. The molecule has 18 heavy (non-hydrogen) atoms. The molecule has 3 unspecified atom stereocenters. The number of halogens is 3. The van der Waals surface area contributed by atoms with E-state index in [1.54, 1.807) is 26.8 Å². The van der Waals surface area contributed by atoms with Crippen molar-refractivity contribution < 1.29 is 9.53 Å². The third-order valence-corrected chi connectivity index (χ3v) is 4.64. The van der Waals surface area contributed by atoms with E-state index >= 15 is 0 Å². The van der Waals surface area contributed by atoms with Gasteiger partial charge in [-0.1, -0.05) is 38.4 Å². The lowest BCUT2D eigenvalue weighted by Crippen LogP contribution is -2.36. The number of hydrogen-bond acceptors (Lipinski definition) is 2. The van der Waals surface area contributed by atoms with Crippen molar-refractivity contribution in [2.24, 2.45) is 11.3 Å². The van der Waals surface area contributed by atoms with Crippen molar-refractivity contribution in [2.75, 3.05) is 6.61 Å². The van der Waals surface area contributed by atoms with Crippen LogP contribution in [0, 0.1) is 11.3 Å². The van der Waals surface area contributed by atoms with Crippen molar-refractivity contribution in [3.8, 4) is 0 Å². The molecule has 0 N–H and O–H groups in total. The highest BCUT2D eigenvalue weighted by Crippen LogP contribution is 2.37. The highest BCUT2D eigenvalue weighted by atomic mass is 35.5. The van der Waals surface area contributed by atoms with E-state index in [2.05, 4.69) is 0 Å². The Labute approximate surface area is 125 Å². The van der Waals surface area contributed by atoms with Crippen LogP contribution in [0.3, 0.4) is 0 Å². The number of esters is 1. The topological polar surface area (TPSA) is 26.3 Å². The van der Waals surface area contributed by atoms with Gasteiger partial charge in [0.05, 0.1) is 23.3 Å². The third-order valence-electron chi connectivity index (χ3n) is 3.15. The second-order valence-corrected chi connectivity index (χ2v) is 6.43. The van der Waals surface area contributed by atoms with Crippen LogP contribution in [0.1, 0.15) is 34.6 Å². The first kappa shape index (κ1) is 18.1. The van der Waals surface area contributed by atoms with Crippen LogP contribution in [0.4, 0.5) is 0 Å². The molecular weight excluding hydrogens is 294 g/mol. The molecule has 0 heterocycles. The lowest BCUT2D eigenvalue weighted by Gasteiger charge is -2.33. The Balaban J connectivity index is 4.91. The summed E-state index contributed by atoms with van der Waals surface area (Å²) in [5.41, 5.74) is -0.472. The fourth-order valence-corrected chi connectivity index (χ4v) is 1.88. The Morgan fingerprint density at radius 3 is 2.22 bits per heavy atom. The maximum absolute atomic E-state index is 11.8. The van der Waals surface area contributed by atoms with Crippen molar-refractivity contribution in [3.63, 3.8) is 0 Å². The predicted molar refractivity (Wildman–Crippen MR) is 78.5 cm³/mol. The number of allylic oxidation sites excluding steroid dienone is 2. The first-order chi connectivity index (χ1) is 8.14. The highest BCUT2D eigenvalue weighted by molar-refractivity contribution is 6.37. The summed E-state index contributed by atoms with van der Waals surface area (Å²) in [6.07, 6.45) is 1.69. The van der Waals surface area contributed by atoms with Gasteiger partial charge in [0.25, 0.3) is 0 Å². The Morgan fingerprint density at radius 2 is 1.83 bits per heavy atom. The van der Waals surface area contributed by atoms with Gasteiger partial charge in [-0.2, -0.15) is 0 Å². The molecule has 0 aliphatic rings. The van der Waals surface area contributed by atoms with Crippen molar-refractivity contribution >= 4 is 40.8 Å². The van der Waals surface area contributed by atoms with E-state index in [0.29, 0.717) is 11.6 Å². The van der Waals surface area contributed by atoms with Crippen LogP contribution in [0.25, 0.3) is 0 Å². The minimum Gasteiger partial charge on any atom is -0.466 e. The van der Waals surface area contributed by atoms with Crippen molar-refractivity contribution in [2.45, 2.75) is 45.4 Å². The summed E-state index contributed by atoms with van der Waals surface area (Å²) < 4.78 is 5.02. The lowest BCUT2D eigenvalue weighted by molar-refractivity contribution is -0.151. The quantitative estimate of drug-likeness (QED) is 0.530. The van der Waals surface area contributed by atoms with Crippen LogP contribution in [-0.4, -0.2) is 23.3 Å². The number of carbonyl (C=O) groups is 1. The van der Waals surface area contributed by atoms with Gasteiger partial charge >= 0.3 is 5.97 Å². The molecule has 0 bridgehead atoms. The number of carbonyl (C=O) groups excluding carboxylic acids is 1. The number of alkyl halides is 2. The molecule has 0 spiro atoms. The van der Waals surface area contributed by atoms with Crippen molar-refractivity contribution in [3.05, 3.63) is 11.1 Å². The van der Waals surface area contributed by atoms with Gasteiger partial charge in [-0.25, -0.2) is 0 Å². The van der Waals surface area contributed by atoms with Crippen LogP contribution in [0.5, 0.6) is 0 Å². The summed E-state index contributed by atoms with van der Waals surface area (Å²) in [5, 5.41) is -0.201. The molecule has 0 amide bonds. The number of hydrogen-bond donors (Lipinski definition) is 0. The molecule has 0 aromatic carbocycles. The molecule has 5 heteroatoms. The first-order valence-electron chi connectivity index (χ1n) is 5.96. The second kappa shape index (κ2) is 7.62. The SMILES string of the molecule is CCOC(=O)C(C)C(C)(C)C(Cl)C=C(Cl)C(C)Cl. The Bertz CT molecular complexity index is 311. The normalized spacial score (nSPS) is 18.1. The average Bonchev–Trinajstić information content (AvgIpc) is 2.27. The van der Waals surface area contributed by atoms with Gasteiger partial charge in [-0.15, -0.1) is 23.2 Å². The minimum atomic E-state index is -0.472. The molecule has 0 aliphatic carbocycles. The average molecular weight is 316 g/mol. The molecule has 106 valence electrons. The van der Waals surface area contributed by atoms with E-state index in [1.165, 1.54) is 0 Å². The zero-order valence-corrected chi connectivity index (χ0v) is 13.7.